The topological polar surface area (TPSA) is 59.1 Å². The fraction of sp³-hybridized carbons (Fsp3) is 0.355. The lowest BCUT2D eigenvalue weighted by molar-refractivity contribution is -0.173. The Morgan fingerprint density at radius 1 is 0.730 bits per heavy atom. The summed E-state index contributed by atoms with van der Waals surface area (Å²) in [6.07, 6.45) is 1.52. The van der Waals surface area contributed by atoms with Crippen molar-refractivity contribution in [1.29, 1.82) is 0 Å². The van der Waals surface area contributed by atoms with Gasteiger partial charge in [-0.2, -0.15) is 0 Å². The molecule has 0 N–H and O–H groups in total. The van der Waals surface area contributed by atoms with Crippen molar-refractivity contribution in [3.05, 3.63) is 95.6 Å². The Morgan fingerprint density at radius 3 is 1.76 bits per heavy atom. The molecule has 6 heteroatoms. The number of benzene rings is 3. The highest BCUT2D eigenvalue weighted by atomic mass is 16.5. The molecule has 1 fully saturated rings. The maximum atomic E-state index is 14.5. The summed E-state index contributed by atoms with van der Waals surface area (Å²) in [5.74, 6) is 1.50. The third-order valence-corrected chi connectivity index (χ3v) is 7.43. The van der Waals surface area contributed by atoms with E-state index in [2.05, 4.69) is 0 Å². The SMILES string of the molecule is CC[C@H]1C(=O)N(Cc2ccc(OC)cc2)[C@](CC)(Cc2ccccc2)C(=O)N1Cc1ccc(OC)cc1. The normalized spacial score (nSPS) is 19.7. The second kappa shape index (κ2) is 11.5. The maximum Gasteiger partial charge on any atom is 0.249 e. The van der Waals surface area contributed by atoms with Crippen molar-refractivity contribution in [2.45, 2.75) is 57.8 Å². The van der Waals surface area contributed by atoms with Gasteiger partial charge < -0.3 is 19.3 Å². The second-order valence-corrected chi connectivity index (χ2v) is 9.53. The lowest BCUT2D eigenvalue weighted by Gasteiger charge is -2.52. The van der Waals surface area contributed by atoms with Crippen molar-refractivity contribution in [2.75, 3.05) is 14.2 Å². The molecule has 0 saturated carbocycles. The van der Waals surface area contributed by atoms with Crippen LogP contribution in [0.5, 0.6) is 11.5 Å². The first-order valence-electron chi connectivity index (χ1n) is 12.9. The van der Waals surface area contributed by atoms with Crippen LogP contribution in [0.1, 0.15) is 43.4 Å². The van der Waals surface area contributed by atoms with Crippen molar-refractivity contribution in [2.24, 2.45) is 0 Å². The van der Waals surface area contributed by atoms with E-state index in [0.29, 0.717) is 32.4 Å². The monoisotopic (exact) mass is 500 g/mol. The summed E-state index contributed by atoms with van der Waals surface area (Å²) >= 11 is 0. The molecule has 0 bridgehead atoms. The van der Waals surface area contributed by atoms with E-state index in [1.165, 1.54) is 0 Å². The van der Waals surface area contributed by atoms with E-state index in [1.54, 1.807) is 19.1 Å². The van der Waals surface area contributed by atoms with Gasteiger partial charge in [0, 0.05) is 19.5 Å². The summed E-state index contributed by atoms with van der Waals surface area (Å²) in [5.41, 5.74) is 1.97. The molecule has 3 aromatic rings. The molecule has 1 heterocycles. The average molecular weight is 501 g/mol. The van der Waals surface area contributed by atoms with Crippen LogP contribution >= 0.6 is 0 Å². The number of methoxy groups -OCH3 is 2. The van der Waals surface area contributed by atoms with Crippen LogP contribution < -0.4 is 9.47 Å². The van der Waals surface area contributed by atoms with E-state index >= 15 is 0 Å². The highest BCUT2D eigenvalue weighted by molar-refractivity contribution is 6.00. The summed E-state index contributed by atoms with van der Waals surface area (Å²) in [6, 6.07) is 24.9. The zero-order valence-electron chi connectivity index (χ0n) is 22.1. The van der Waals surface area contributed by atoms with E-state index in [1.807, 2.05) is 97.6 Å². The van der Waals surface area contributed by atoms with Gasteiger partial charge in [0.05, 0.1) is 14.2 Å². The largest absolute Gasteiger partial charge is 0.497 e. The Hall–Kier alpha value is -3.80. The first-order chi connectivity index (χ1) is 17.9. The Balaban J connectivity index is 1.75. The third kappa shape index (κ3) is 5.33. The van der Waals surface area contributed by atoms with Gasteiger partial charge in [-0.05, 0) is 53.8 Å². The second-order valence-electron chi connectivity index (χ2n) is 9.53. The van der Waals surface area contributed by atoms with Crippen LogP contribution in [0.15, 0.2) is 78.9 Å². The molecule has 0 aromatic heterocycles. The molecule has 194 valence electrons. The van der Waals surface area contributed by atoms with Crippen molar-refractivity contribution < 1.29 is 19.1 Å². The number of piperazine rings is 1. The molecule has 0 spiro atoms. The Labute approximate surface area is 219 Å². The molecular formula is C31H36N2O4. The van der Waals surface area contributed by atoms with Crippen molar-refractivity contribution >= 4 is 11.8 Å². The molecule has 4 rings (SSSR count). The fourth-order valence-electron chi connectivity index (χ4n) is 5.27. The minimum absolute atomic E-state index is 0.00497. The van der Waals surface area contributed by atoms with Gasteiger partial charge in [-0.1, -0.05) is 68.4 Å². The molecule has 2 amide bonds. The number of amides is 2. The minimum Gasteiger partial charge on any atom is -0.497 e. The number of hydrogen-bond acceptors (Lipinski definition) is 4. The van der Waals surface area contributed by atoms with Gasteiger partial charge >= 0.3 is 0 Å². The molecule has 37 heavy (non-hydrogen) atoms. The molecule has 0 unspecified atom stereocenters. The molecule has 1 aliphatic heterocycles. The number of rotatable bonds is 10. The van der Waals surface area contributed by atoms with E-state index in [4.69, 9.17) is 9.47 Å². The smallest absolute Gasteiger partial charge is 0.249 e. The van der Waals surface area contributed by atoms with Gasteiger partial charge in [0.1, 0.15) is 23.1 Å². The summed E-state index contributed by atoms with van der Waals surface area (Å²) < 4.78 is 10.6. The molecule has 6 nitrogen and oxygen atoms in total. The van der Waals surface area contributed by atoms with Crippen LogP contribution in [-0.4, -0.2) is 47.4 Å². The van der Waals surface area contributed by atoms with Crippen LogP contribution in [0, 0.1) is 0 Å². The van der Waals surface area contributed by atoms with Gasteiger partial charge in [-0.25, -0.2) is 0 Å². The quantitative estimate of drug-likeness (QED) is 0.382. The first-order valence-corrected chi connectivity index (χ1v) is 12.9. The summed E-state index contributed by atoms with van der Waals surface area (Å²) in [7, 11) is 3.26. The van der Waals surface area contributed by atoms with Gasteiger partial charge in [-0.3, -0.25) is 9.59 Å². The predicted molar refractivity (Wildman–Crippen MR) is 144 cm³/mol. The molecule has 1 saturated heterocycles. The van der Waals surface area contributed by atoms with Crippen LogP contribution in [0.4, 0.5) is 0 Å². The fourth-order valence-corrected chi connectivity index (χ4v) is 5.27. The summed E-state index contributed by atoms with van der Waals surface area (Å²) in [5, 5.41) is 0. The Morgan fingerprint density at radius 2 is 1.27 bits per heavy atom. The Kier molecular flexibility index (Phi) is 8.17. The van der Waals surface area contributed by atoms with Gasteiger partial charge in [-0.15, -0.1) is 0 Å². The number of carbonyl (C=O) groups is 2. The van der Waals surface area contributed by atoms with Crippen LogP contribution in [0.2, 0.25) is 0 Å². The number of nitrogens with zero attached hydrogens (tertiary/aromatic N) is 2. The van der Waals surface area contributed by atoms with Gasteiger partial charge in [0.15, 0.2) is 0 Å². The zero-order valence-corrected chi connectivity index (χ0v) is 22.1. The lowest BCUT2D eigenvalue weighted by Crippen LogP contribution is -2.71. The number of hydrogen-bond donors (Lipinski definition) is 0. The van der Waals surface area contributed by atoms with Crippen LogP contribution in [0.25, 0.3) is 0 Å². The molecule has 0 aliphatic carbocycles. The average Bonchev–Trinajstić information content (AvgIpc) is 2.95. The maximum absolute atomic E-state index is 14.5. The van der Waals surface area contributed by atoms with E-state index in [9.17, 15) is 9.59 Å². The van der Waals surface area contributed by atoms with Crippen molar-refractivity contribution in [1.82, 2.24) is 9.80 Å². The highest BCUT2D eigenvalue weighted by Gasteiger charge is 2.54. The molecule has 1 aliphatic rings. The van der Waals surface area contributed by atoms with E-state index in [0.717, 1.165) is 28.2 Å². The first kappa shape index (κ1) is 26.3. The number of ether oxygens (including phenoxy) is 2. The lowest BCUT2D eigenvalue weighted by atomic mass is 9.80. The number of carbonyl (C=O) groups excluding carboxylic acids is 2. The van der Waals surface area contributed by atoms with Crippen LogP contribution in [-0.2, 0) is 29.1 Å². The van der Waals surface area contributed by atoms with Crippen molar-refractivity contribution in [3.8, 4) is 11.5 Å². The van der Waals surface area contributed by atoms with E-state index < -0.39 is 11.6 Å². The van der Waals surface area contributed by atoms with Crippen molar-refractivity contribution in [3.63, 3.8) is 0 Å². The standard InChI is InChI=1S/C31H36N2O4/c1-5-28-29(34)33(22-25-14-18-27(37-4)19-15-25)31(6-2,20-23-10-8-7-9-11-23)30(35)32(28)21-24-12-16-26(36-3)17-13-24/h7-19,28H,5-6,20-22H2,1-4H3/t28-,31+/m0/s1. The minimum atomic E-state index is -0.990. The highest BCUT2D eigenvalue weighted by Crippen LogP contribution is 2.37. The van der Waals surface area contributed by atoms with Crippen LogP contribution in [0.3, 0.4) is 0 Å². The van der Waals surface area contributed by atoms with Gasteiger partial charge in [0.2, 0.25) is 11.8 Å². The summed E-state index contributed by atoms with van der Waals surface area (Å²) in [4.78, 5) is 32.3. The Bertz CT molecular complexity index is 1190. The predicted octanol–water partition coefficient (Wildman–Crippen LogP) is 5.24. The molecule has 2 atom stereocenters. The zero-order chi connectivity index (χ0) is 26.4. The molecule has 3 aromatic carbocycles. The summed E-state index contributed by atoms with van der Waals surface area (Å²) in [6.45, 7) is 4.72. The van der Waals surface area contributed by atoms with Gasteiger partial charge in [0.25, 0.3) is 0 Å². The third-order valence-electron chi connectivity index (χ3n) is 7.43. The van der Waals surface area contributed by atoms with E-state index in [-0.39, 0.29) is 11.8 Å². The molecule has 0 radical (unpaired) electrons. The molecular weight excluding hydrogens is 464 g/mol.